The van der Waals surface area contributed by atoms with Crippen LogP contribution in [0.2, 0.25) is 0 Å². The molecule has 0 aliphatic rings. The molecule has 0 amide bonds. The Morgan fingerprint density at radius 2 is 1.93 bits per heavy atom. The van der Waals surface area contributed by atoms with Crippen LogP contribution in [-0.2, 0) is 6.18 Å². The summed E-state index contributed by atoms with van der Waals surface area (Å²) in [5, 5.41) is 8.69. The van der Waals surface area contributed by atoms with Gasteiger partial charge >= 0.3 is 12.1 Å². The topological polar surface area (TPSA) is 37.3 Å². The third-order valence-corrected chi connectivity index (χ3v) is 2.28. The Bertz CT molecular complexity index is 413. The van der Waals surface area contributed by atoms with Gasteiger partial charge in [-0.3, -0.25) is 0 Å². The summed E-state index contributed by atoms with van der Waals surface area (Å²) in [6, 6.07) is 2.09. The van der Waals surface area contributed by atoms with E-state index < -0.39 is 23.3 Å². The van der Waals surface area contributed by atoms with E-state index in [2.05, 4.69) is 15.9 Å². The van der Waals surface area contributed by atoms with E-state index >= 15 is 0 Å². The van der Waals surface area contributed by atoms with E-state index in [-0.39, 0.29) is 10.0 Å². The van der Waals surface area contributed by atoms with E-state index in [0.29, 0.717) is 0 Å². The summed E-state index contributed by atoms with van der Waals surface area (Å²) >= 11 is 2.90. The minimum absolute atomic E-state index is 0.0733. The van der Waals surface area contributed by atoms with Crippen LogP contribution in [0.4, 0.5) is 13.2 Å². The van der Waals surface area contributed by atoms with E-state index in [9.17, 15) is 18.0 Å². The molecule has 15 heavy (non-hydrogen) atoms. The lowest BCUT2D eigenvalue weighted by molar-refractivity contribution is -0.138. The SMILES string of the molecule is Cc1cc(Br)cc(C(F)(F)F)c1C(=O)O. The zero-order valence-corrected chi connectivity index (χ0v) is 9.11. The van der Waals surface area contributed by atoms with Crippen molar-refractivity contribution in [2.24, 2.45) is 0 Å². The van der Waals surface area contributed by atoms with E-state index in [1.165, 1.54) is 13.0 Å². The lowest BCUT2D eigenvalue weighted by atomic mass is 10.0. The summed E-state index contributed by atoms with van der Waals surface area (Å²) in [5.41, 5.74) is -1.77. The largest absolute Gasteiger partial charge is 0.478 e. The van der Waals surface area contributed by atoms with Gasteiger partial charge in [0.1, 0.15) is 0 Å². The monoisotopic (exact) mass is 282 g/mol. The third kappa shape index (κ3) is 2.50. The Hall–Kier alpha value is -1.04. The van der Waals surface area contributed by atoms with Crippen LogP contribution in [0, 0.1) is 6.92 Å². The standard InChI is InChI=1S/C9H6BrF3O2/c1-4-2-5(10)3-6(9(11,12)13)7(4)8(14)15/h2-3H,1H3,(H,14,15). The van der Waals surface area contributed by atoms with Crippen molar-refractivity contribution in [3.05, 3.63) is 33.3 Å². The molecule has 2 nitrogen and oxygen atoms in total. The molecule has 1 aromatic carbocycles. The molecule has 1 rings (SSSR count). The van der Waals surface area contributed by atoms with Crippen molar-refractivity contribution >= 4 is 21.9 Å². The third-order valence-electron chi connectivity index (χ3n) is 1.82. The molecule has 6 heteroatoms. The average Bonchev–Trinajstić information content (AvgIpc) is 1.99. The maximum absolute atomic E-state index is 12.5. The Morgan fingerprint density at radius 3 is 2.33 bits per heavy atom. The second kappa shape index (κ2) is 3.84. The molecule has 0 fully saturated rings. The highest BCUT2D eigenvalue weighted by molar-refractivity contribution is 9.10. The van der Waals surface area contributed by atoms with Gasteiger partial charge in [-0.15, -0.1) is 0 Å². The summed E-state index contributed by atoms with van der Waals surface area (Å²) in [6.07, 6.45) is -4.66. The number of aromatic carboxylic acids is 1. The predicted octanol–water partition coefficient (Wildman–Crippen LogP) is 3.47. The second-order valence-electron chi connectivity index (χ2n) is 2.95. The maximum Gasteiger partial charge on any atom is 0.417 e. The number of rotatable bonds is 1. The number of carboxylic acids is 1. The lowest BCUT2D eigenvalue weighted by Crippen LogP contribution is -2.14. The molecule has 82 valence electrons. The molecular weight excluding hydrogens is 277 g/mol. The van der Waals surface area contributed by atoms with Gasteiger partial charge in [-0.25, -0.2) is 4.79 Å². The molecule has 0 bridgehead atoms. The van der Waals surface area contributed by atoms with Crippen molar-refractivity contribution in [2.75, 3.05) is 0 Å². The molecular formula is C9H6BrF3O2. The molecule has 0 aliphatic heterocycles. The van der Waals surface area contributed by atoms with E-state index in [4.69, 9.17) is 5.11 Å². The van der Waals surface area contributed by atoms with Crippen LogP contribution in [0.25, 0.3) is 0 Å². The maximum atomic E-state index is 12.5. The van der Waals surface area contributed by atoms with Crippen LogP contribution in [-0.4, -0.2) is 11.1 Å². The van der Waals surface area contributed by atoms with Crippen LogP contribution in [0.3, 0.4) is 0 Å². The van der Waals surface area contributed by atoms with E-state index in [0.717, 1.165) is 6.07 Å². The van der Waals surface area contributed by atoms with E-state index in [1.807, 2.05) is 0 Å². The molecule has 0 spiro atoms. The Labute approximate surface area is 91.8 Å². The number of aryl methyl sites for hydroxylation is 1. The minimum Gasteiger partial charge on any atom is -0.478 e. The van der Waals surface area contributed by atoms with Gasteiger partial charge in [-0.1, -0.05) is 15.9 Å². The Kier molecular flexibility index (Phi) is 3.08. The predicted molar refractivity (Wildman–Crippen MR) is 50.8 cm³/mol. The van der Waals surface area contributed by atoms with Crippen molar-refractivity contribution in [1.82, 2.24) is 0 Å². The highest BCUT2D eigenvalue weighted by atomic mass is 79.9. The Balaban J connectivity index is 3.54. The van der Waals surface area contributed by atoms with Crippen molar-refractivity contribution < 1.29 is 23.1 Å². The lowest BCUT2D eigenvalue weighted by Gasteiger charge is -2.12. The molecule has 0 aliphatic carbocycles. The van der Waals surface area contributed by atoms with Crippen molar-refractivity contribution in [2.45, 2.75) is 13.1 Å². The van der Waals surface area contributed by atoms with Gasteiger partial charge in [0, 0.05) is 4.47 Å². The number of alkyl halides is 3. The fourth-order valence-electron chi connectivity index (χ4n) is 1.25. The zero-order valence-electron chi connectivity index (χ0n) is 7.52. The van der Waals surface area contributed by atoms with Gasteiger partial charge in [0.05, 0.1) is 11.1 Å². The molecule has 0 aromatic heterocycles. The summed E-state index contributed by atoms with van der Waals surface area (Å²) in [7, 11) is 0. The number of halogens is 4. The fraction of sp³-hybridized carbons (Fsp3) is 0.222. The number of hydrogen-bond acceptors (Lipinski definition) is 1. The molecule has 0 unspecified atom stereocenters. The molecule has 0 heterocycles. The first-order valence-corrected chi connectivity index (χ1v) is 4.63. The summed E-state index contributed by atoms with van der Waals surface area (Å²) < 4.78 is 37.7. The van der Waals surface area contributed by atoms with Crippen molar-refractivity contribution in [3.63, 3.8) is 0 Å². The smallest absolute Gasteiger partial charge is 0.417 e. The molecule has 0 radical (unpaired) electrons. The van der Waals surface area contributed by atoms with Gasteiger partial charge < -0.3 is 5.11 Å². The Morgan fingerprint density at radius 1 is 1.40 bits per heavy atom. The highest BCUT2D eigenvalue weighted by Gasteiger charge is 2.36. The molecule has 0 saturated heterocycles. The quantitative estimate of drug-likeness (QED) is 0.856. The molecule has 0 atom stereocenters. The summed E-state index contributed by atoms with van der Waals surface area (Å²) in [4.78, 5) is 10.7. The molecule has 1 aromatic rings. The van der Waals surface area contributed by atoms with Crippen LogP contribution >= 0.6 is 15.9 Å². The second-order valence-corrected chi connectivity index (χ2v) is 3.86. The van der Waals surface area contributed by atoms with Gasteiger partial charge in [0.2, 0.25) is 0 Å². The average molecular weight is 283 g/mol. The first-order valence-electron chi connectivity index (χ1n) is 3.84. The number of carbonyl (C=O) groups is 1. The van der Waals surface area contributed by atoms with Gasteiger partial charge in [-0.2, -0.15) is 13.2 Å². The van der Waals surface area contributed by atoms with Crippen LogP contribution in [0.15, 0.2) is 16.6 Å². The zero-order chi connectivity index (χ0) is 11.8. The van der Waals surface area contributed by atoms with Gasteiger partial charge in [0.25, 0.3) is 0 Å². The van der Waals surface area contributed by atoms with Crippen LogP contribution < -0.4 is 0 Å². The molecule has 0 saturated carbocycles. The van der Waals surface area contributed by atoms with Crippen molar-refractivity contribution in [3.8, 4) is 0 Å². The first-order chi connectivity index (χ1) is 6.73. The van der Waals surface area contributed by atoms with Gasteiger partial charge in [-0.05, 0) is 24.6 Å². The highest BCUT2D eigenvalue weighted by Crippen LogP contribution is 2.35. The number of carboxylic acid groups (broad SMARTS) is 1. The number of hydrogen-bond donors (Lipinski definition) is 1. The fourth-order valence-corrected chi connectivity index (χ4v) is 1.82. The van der Waals surface area contributed by atoms with Gasteiger partial charge in [0.15, 0.2) is 0 Å². The van der Waals surface area contributed by atoms with Crippen LogP contribution in [0.1, 0.15) is 21.5 Å². The van der Waals surface area contributed by atoms with E-state index in [1.54, 1.807) is 0 Å². The van der Waals surface area contributed by atoms with Crippen LogP contribution in [0.5, 0.6) is 0 Å². The molecule has 1 N–H and O–H groups in total. The normalized spacial score (nSPS) is 11.5. The summed E-state index contributed by atoms with van der Waals surface area (Å²) in [5.74, 6) is -1.58. The summed E-state index contributed by atoms with van der Waals surface area (Å²) in [6.45, 7) is 1.32. The number of benzene rings is 1. The minimum atomic E-state index is -4.66. The first kappa shape index (κ1) is 12.0. The van der Waals surface area contributed by atoms with Crippen molar-refractivity contribution in [1.29, 1.82) is 0 Å².